The highest BCUT2D eigenvalue weighted by Gasteiger charge is 2.10. The molecule has 0 aliphatic carbocycles. The first-order valence-electron chi connectivity index (χ1n) is 7.61. The summed E-state index contributed by atoms with van der Waals surface area (Å²) >= 11 is 0. The summed E-state index contributed by atoms with van der Waals surface area (Å²) < 4.78 is 0. The molecule has 6 N–H and O–H groups in total. The maximum absolute atomic E-state index is 11.7. The zero-order chi connectivity index (χ0) is 15.2. The number of nitrogens with two attached hydrogens (primary N) is 2. The van der Waals surface area contributed by atoms with Gasteiger partial charge in [-0.3, -0.25) is 9.79 Å². The average Bonchev–Trinajstić information content (AvgIpc) is 2.42. The van der Waals surface area contributed by atoms with Crippen molar-refractivity contribution in [3.8, 4) is 0 Å². The van der Waals surface area contributed by atoms with Crippen molar-refractivity contribution in [3.63, 3.8) is 0 Å². The fraction of sp³-hybridized carbons (Fsp3) is 0.857. The number of unbranched alkanes of at least 4 members (excludes halogenated alkanes) is 1. The van der Waals surface area contributed by atoms with Crippen LogP contribution < -0.4 is 22.1 Å². The van der Waals surface area contributed by atoms with Gasteiger partial charge in [0.25, 0.3) is 0 Å². The fourth-order valence-corrected chi connectivity index (χ4v) is 1.78. The van der Waals surface area contributed by atoms with Gasteiger partial charge in [-0.1, -0.05) is 26.7 Å². The Morgan fingerprint density at radius 2 is 1.85 bits per heavy atom. The number of carbonyl (C=O) groups is 1. The van der Waals surface area contributed by atoms with Crippen LogP contribution in [0.4, 0.5) is 0 Å². The predicted octanol–water partition coefficient (Wildman–Crippen LogP) is 0.572. The number of nitrogens with zero attached hydrogens (tertiary/aromatic N) is 1. The van der Waals surface area contributed by atoms with Crippen LogP contribution in [0.2, 0.25) is 0 Å². The van der Waals surface area contributed by atoms with Crippen molar-refractivity contribution < 1.29 is 4.79 Å². The number of nitrogens with one attached hydrogen (secondary N) is 2. The third-order valence-electron chi connectivity index (χ3n) is 3.07. The summed E-state index contributed by atoms with van der Waals surface area (Å²) in [5.41, 5.74) is 10.4. The zero-order valence-electron chi connectivity index (χ0n) is 13.0. The van der Waals surface area contributed by atoms with Gasteiger partial charge < -0.3 is 22.1 Å². The standard InChI is InChI=1S/C14H31N5O/c1-3-4-7-12(2)13(20)18-10-5-8-17-9-6-11-19-14(15)16/h12,17H,3-11H2,1-2H3,(H,18,20)(H4,15,16,19). The molecular weight excluding hydrogens is 254 g/mol. The second kappa shape index (κ2) is 12.7. The van der Waals surface area contributed by atoms with Crippen LogP contribution >= 0.6 is 0 Å². The van der Waals surface area contributed by atoms with Gasteiger partial charge in [0.1, 0.15) is 0 Å². The lowest BCUT2D eigenvalue weighted by atomic mass is 10.0. The van der Waals surface area contributed by atoms with Crippen LogP contribution in [0, 0.1) is 5.92 Å². The van der Waals surface area contributed by atoms with Gasteiger partial charge in [-0.15, -0.1) is 0 Å². The van der Waals surface area contributed by atoms with E-state index in [1.54, 1.807) is 0 Å². The van der Waals surface area contributed by atoms with Gasteiger partial charge >= 0.3 is 0 Å². The molecule has 0 spiro atoms. The molecule has 1 unspecified atom stereocenters. The Kier molecular flexibility index (Phi) is 11.9. The van der Waals surface area contributed by atoms with Gasteiger partial charge in [0.15, 0.2) is 5.96 Å². The number of rotatable bonds is 12. The normalized spacial score (nSPS) is 11.9. The molecule has 0 aromatic heterocycles. The molecule has 0 aromatic carbocycles. The molecule has 1 amide bonds. The van der Waals surface area contributed by atoms with E-state index in [9.17, 15) is 4.79 Å². The van der Waals surface area contributed by atoms with Gasteiger partial charge in [-0.25, -0.2) is 0 Å². The summed E-state index contributed by atoms with van der Waals surface area (Å²) in [5.74, 6) is 0.443. The lowest BCUT2D eigenvalue weighted by molar-refractivity contribution is -0.124. The minimum absolute atomic E-state index is 0.127. The Morgan fingerprint density at radius 1 is 1.15 bits per heavy atom. The molecule has 6 heteroatoms. The van der Waals surface area contributed by atoms with Crippen molar-refractivity contribution in [1.82, 2.24) is 10.6 Å². The third-order valence-corrected chi connectivity index (χ3v) is 3.07. The molecule has 0 aliphatic rings. The largest absolute Gasteiger partial charge is 0.370 e. The quantitative estimate of drug-likeness (QED) is 0.239. The monoisotopic (exact) mass is 285 g/mol. The molecule has 0 fully saturated rings. The van der Waals surface area contributed by atoms with E-state index < -0.39 is 0 Å². The van der Waals surface area contributed by atoms with E-state index in [1.165, 1.54) is 0 Å². The van der Waals surface area contributed by atoms with Crippen LogP contribution in [-0.2, 0) is 4.79 Å². The Labute approximate surface area is 122 Å². The van der Waals surface area contributed by atoms with Crippen molar-refractivity contribution in [1.29, 1.82) is 0 Å². The van der Waals surface area contributed by atoms with Gasteiger partial charge in [-0.05, 0) is 32.4 Å². The topological polar surface area (TPSA) is 106 Å². The minimum atomic E-state index is 0.127. The van der Waals surface area contributed by atoms with E-state index in [4.69, 9.17) is 11.5 Å². The molecule has 0 bridgehead atoms. The maximum Gasteiger partial charge on any atom is 0.222 e. The Morgan fingerprint density at radius 3 is 2.50 bits per heavy atom. The van der Waals surface area contributed by atoms with Gasteiger partial charge in [0.2, 0.25) is 5.91 Å². The van der Waals surface area contributed by atoms with Crippen LogP contribution in [0.25, 0.3) is 0 Å². The Hall–Kier alpha value is -1.30. The summed E-state index contributed by atoms with van der Waals surface area (Å²) in [7, 11) is 0. The highest BCUT2D eigenvalue weighted by molar-refractivity contribution is 5.78. The highest BCUT2D eigenvalue weighted by atomic mass is 16.1. The molecule has 0 saturated heterocycles. The van der Waals surface area contributed by atoms with E-state index >= 15 is 0 Å². The predicted molar refractivity (Wildman–Crippen MR) is 84.5 cm³/mol. The molecule has 0 radical (unpaired) electrons. The number of guanidine groups is 1. The van der Waals surface area contributed by atoms with E-state index in [2.05, 4.69) is 22.5 Å². The lowest BCUT2D eigenvalue weighted by Gasteiger charge is -2.11. The Bertz CT molecular complexity index is 277. The van der Waals surface area contributed by atoms with Crippen molar-refractivity contribution in [2.24, 2.45) is 22.4 Å². The molecule has 0 saturated carbocycles. The van der Waals surface area contributed by atoms with Crippen LogP contribution in [0.1, 0.15) is 46.0 Å². The minimum Gasteiger partial charge on any atom is -0.370 e. The zero-order valence-corrected chi connectivity index (χ0v) is 13.0. The number of amides is 1. The van der Waals surface area contributed by atoms with E-state index in [-0.39, 0.29) is 17.8 Å². The molecule has 6 nitrogen and oxygen atoms in total. The Balaban J connectivity index is 3.35. The van der Waals surface area contributed by atoms with Crippen molar-refractivity contribution in [3.05, 3.63) is 0 Å². The second-order valence-electron chi connectivity index (χ2n) is 5.10. The summed E-state index contributed by atoms with van der Waals surface area (Å²) in [5, 5.41) is 6.27. The van der Waals surface area contributed by atoms with Crippen LogP contribution in [0.15, 0.2) is 4.99 Å². The average molecular weight is 285 g/mol. The van der Waals surface area contributed by atoms with E-state index in [0.29, 0.717) is 6.54 Å². The first-order chi connectivity index (χ1) is 9.57. The SMILES string of the molecule is CCCCC(C)C(=O)NCCCNCCCN=C(N)N. The van der Waals surface area contributed by atoms with Crippen LogP contribution in [0.3, 0.4) is 0 Å². The van der Waals surface area contributed by atoms with Crippen LogP contribution in [0.5, 0.6) is 0 Å². The van der Waals surface area contributed by atoms with Gasteiger partial charge in [-0.2, -0.15) is 0 Å². The second-order valence-corrected chi connectivity index (χ2v) is 5.10. The molecule has 118 valence electrons. The first kappa shape index (κ1) is 18.7. The fourth-order valence-electron chi connectivity index (χ4n) is 1.78. The van der Waals surface area contributed by atoms with Crippen LogP contribution in [-0.4, -0.2) is 38.0 Å². The lowest BCUT2D eigenvalue weighted by Crippen LogP contribution is -2.31. The molecule has 0 heterocycles. The molecule has 1 atom stereocenters. The molecule has 0 aromatic rings. The molecule has 20 heavy (non-hydrogen) atoms. The van der Waals surface area contributed by atoms with E-state index in [1.807, 2.05) is 6.92 Å². The number of hydrogen-bond acceptors (Lipinski definition) is 3. The van der Waals surface area contributed by atoms with E-state index in [0.717, 1.165) is 51.7 Å². The summed E-state index contributed by atoms with van der Waals surface area (Å²) in [6.07, 6.45) is 5.09. The van der Waals surface area contributed by atoms with Crippen molar-refractivity contribution in [2.75, 3.05) is 26.2 Å². The smallest absolute Gasteiger partial charge is 0.222 e. The summed E-state index contributed by atoms with van der Waals surface area (Å²) in [6, 6.07) is 0. The number of carbonyl (C=O) groups excluding carboxylic acids is 1. The summed E-state index contributed by atoms with van der Waals surface area (Å²) in [6.45, 7) is 7.30. The van der Waals surface area contributed by atoms with Gasteiger partial charge in [0, 0.05) is 19.0 Å². The molecular formula is C14H31N5O. The van der Waals surface area contributed by atoms with Crippen molar-refractivity contribution in [2.45, 2.75) is 46.0 Å². The molecule has 0 aliphatic heterocycles. The number of aliphatic imine (C=N–C) groups is 1. The van der Waals surface area contributed by atoms with Crippen molar-refractivity contribution >= 4 is 11.9 Å². The molecule has 0 rings (SSSR count). The maximum atomic E-state index is 11.7. The third kappa shape index (κ3) is 11.8. The first-order valence-corrected chi connectivity index (χ1v) is 7.61. The highest BCUT2D eigenvalue weighted by Crippen LogP contribution is 2.07. The van der Waals surface area contributed by atoms with Gasteiger partial charge in [0.05, 0.1) is 0 Å². The summed E-state index contributed by atoms with van der Waals surface area (Å²) in [4.78, 5) is 15.6. The number of hydrogen-bond donors (Lipinski definition) is 4.